The number of anilines is 2. The second kappa shape index (κ2) is 8.43. The summed E-state index contributed by atoms with van der Waals surface area (Å²) in [7, 11) is 0. The topological polar surface area (TPSA) is 94.5 Å². The summed E-state index contributed by atoms with van der Waals surface area (Å²) in [5, 5.41) is 8.32. The van der Waals surface area contributed by atoms with Gasteiger partial charge in [-0.2, -0.15) is 4.98 Å². The highest BCUT2D eigenvalue weighted by molar-refractivity contribution is 5.99. The van der Waals surface area contributed by atoms with E-state index in [0.717, 1.165) is 11.1 Å². The average molecular weight is 425 g/mol. The Bertz CT molecular complexity index is 1370. The van der Waals surface area contributed by atoms with Crippen molar-refractivity contribution in [3.05, 3.63) is 96.1 Å². The molecule has 5 aromatic rings. The van der Waals surface area contributed by atoms with Crippen molar-refractivity contribution in [3.63, 3.8) is 0 Å². The molecule has 3 aromatic heterocycles. The molecule has 0 spiro atoms. The largest absolute Gasteiger partial charge is 0.383 e. The molecule has 0 saturated carbocycles. The second-order valence-electron chi connectivity index (χ2n) is 7.32. The number of nitrogen functional groups attached to an aromatic ring is 1. The van der Waals surface area contributed by atoms with Crippen LogP contribution in [0.2, 0.25) is 0 Å². The number of fused-ring (bicyclic) bond motifs is 1. The number of nitrogens with zero attached hydrogens (tertiary/aromatic N) is 5. The first-order valence-electron chi connectivity index (χ1n) is 10.1. The standard InChI is InChI=1S/C24H20FN7/c25-19-11-5-4-10-18(19)21-20-22(26)32(15-16-7-2-1-3-8-16)31-23(20)30-24(29-21)28-14-17-9-6-12-27-13-17/h1-13H,14-15,26H2,(H,28,30,31). The van der Waals surface area contributed by atoms with Crippen LogP contribution in [0.4, 0.5) is 16.2 Å². The number of hydrogen-bond acceptors (Lipinski definition) is 6. The van der Waals surface area contributed by atoms with Crippen LogP contribution in [0.25, 0.3) is 22.3 Å². The molecule has 5 rings (SSSR count). The molecule has 0 fully saturated rings. The van der Waals surface area contributed by atoms with Crippen LogP contribution in [0.3, 0.4) is 0 Å². The summed E-state index contributed by atoms with van der Waals surface area (Å²) in [6.07, 6.45) is 3.47. The number of nitrogens with one attached hydrogen (secondary N) is 1. The Kier molecular flexibility index (Phi) is 5.17. The van der Waals surface area contributed by atoms with E-state index in [2.05, 4.69) is 25.4 Å². The van der Waals surface area contributed by atoms with E-state index in [-0.39, 0.29) is 5.82 Å². The fourth-order valence-electron chi connectivity index (χ4n) is 3.54. The molecule has 2 aromatic carbocycles. The molecule has 3 heterocycles. The SMILES string of the molecule is Nc1c2c(-c3ccccc3F)nc(NCc3cccnc3)nc2nn1Cc1ccccc1. The molecule has 0 bridgehead atoms. The Morgan fingerprint density at radius 2 is 1.69 bits per heavy atom. The van der Waals surface area contributed by atoms with Crippen LogP contribution >= 0.6 is 0 Å². The van der Waals surface area contributed by atoms with Gasteiger partial charge in [0.2, 0.25) is 5.95 Å². The minimum atomic E-state index is -0.388. The van der Waals surface area contributed by atoms with E-state index in [4.69, 9.17) is 5.73 Å². The van der Waals surface area contributed by atoms with Gasteiger partial charge in [-0.15, -0.1) is 5.10 Å². The van der Waals surface area contributed by atoms with E-state index in [1.54, 1.807) is 35.3 Å². The Morgan fingerprint density at radius 3 is 2.47 bits per heavy atom. The van der Waals surface area contributed by atoms with Crippen molar-refractivity contribution in [2.24, 2.45) is 0 Å². The fraction of sp³-hybridized carbons (Fsp3) is 0.0833. The predicted molar refractivity (Wildman–Crippen MR) is 122 cm³/mol. The summed E-state index contributed by atoms with van der Waals surface area (Å²) in [6.45, 7) is 0.939. The predicted octanol–water partition coefficient (Wildman–Crippen LogP) is 4.27. The molecule has 0 amide bonds. The van der Waals surface area contributed by atoms with E-state index in [9.17, 15) is 4.39 Å². The third-order valence-corrected chi connectivity index (χ3v) is 5.12. The third-order valence-electron chi connectivity index (χ3n) is 5.12. The number of halogens is 1. The molecule has 0 aliphatic rings. The molecule has 7 nitrogen and oxygen atoms in total. The Labute approximate surface area is 183 Å². The summed E-state index contributed by atoms with van der Waals surface area (Å²) in [6, 6.07) is 20.1. The Morgan fingerprint density at radius 1 is 0.906 bits per heavy atom. The lowest BCUT2D eigenvalue weighted by molar-refractivity contribution is 0.631. The van der Waals surface area contributed by atoms with Gasteiger partial charge in [0.15, 0.2) is 5.65 Å². The van der Waals surface area contributed by atoms with Gasteiger partial charge in [-0.3, -0.25) is 4.98 Å². The van der Waals surface area contributed by atoms with Crippen LogP contribution in [0.1, 0.15) is 11.1 Å². The van der Waals surface area contributed by atoms with Crippen LogP contribution in [-0.4, -0.2) is 24.7 Å². The van der Waals surface area contributed by atoms with Crippen LogP contribution in [0.15, 0.2) is 79.1 Å². The third kappa shape index (κ3) is 3.85. The highest BCUT2D eigenvalue weighted by Gasteiger charge is 2.20. The molecule has 32 heavy (non-hydrogen) atoms. The lowest BCUT2D eigenvalue weighted by atomic mass is 10.1. The van der Waals surface area contributed by atoms with Crippen LogP contribution in [0.5, 0.6) is 0 Å². The summed E-state index contributed by atoms with van der Waals surface area (Å²) in [5.41, 5.74) is 9.62. The molecule has 0 unspecified atom stereocenters. The number of hydrogen-bond donors (Lipinski definition) is 2. The van der Waals surface area contributed by atoms with Gasteiger partial charge < -0.3 is 11.1 Å². The number of pyridine rings is 1. The first-order valence-corrected chi connectivity index (χ1v) is 10.1. The smallest absolute Gasteiger partial charge is 0.225 e. The monoisotopic (exact) mass is 425 g/mol. The minimum Gasteiger partial charge on any atom is -0.383 e. The van der Waals surface area contributed by atoms with Gasteiger partial charge in [0.1, 0.15) is 11.6 Å². The van der Waals surface area contributed by atoms with E-state index in [1.807, 2.05) is 42.5 Å². The summed E-state index contributed by atoms with van der Waals surface area (Å²) < 4.78 is 16.4. The van der Waals surface area contributed by atoms with Crippen molar-refractivity contribution in [1.29, 1.82) is 0 Å². The maximum absolute atomic E-state index is 14.7. The number of aromatic nitrogens is 5. The van der Waals surface area contributed by atoms with E-state index in [0.29, 0.717) is 47.1 Å². The summed E-state index contributed by atoms with van der Waals surface area (Å²) >= 11 is 0. The van der Waals surface area contributed by atoms with Gasteiger partial charge in [0.05, 0.1) is 17.6 Å². The Balaban J connectivity index is 1.61. The van der Waals surface area contributed by atoms with Gasteiger partial charge in [-0.05, 0) is 29.3 Å². The van der Waals surface area contributed by atoms with Gasteiger partial charge >= 0.3 is 0 Å². The lowest BCUT2D eigenvalue weighted by Crippen LogP contribution is -2.06. The molecule has 0 aliphatic carbocycles. The molecule has 0 radical (unpaired) electrons. The van der Waals surface area contributed by atoms with Crippen molar-refractivity contribution in [1.82, 2.24) is 24.7 Å². The van der Waals surface area contributed by atoms with Crippen LogP contribution in [0, 0.1) is 5.82 Å². The van der Waals surface area contributed by atoms with Crippen molar-refractivity contribution < 1.29 is 4.39 Å². The maximum Gasteiger partial charge on any atom is 0.225 e. The van der Waals surface area contributed by atoms with Crippen molar-refractivity contribution in [3.8, 4) is 11.3 Å². The fourth-order valence-corrected chi connectivity index (χ4v) is 3.54. The zero-order valence-electron chi connectivity index (χ0n) is 17.1. The molecular weight excluding hydrogens is 405 g/mol. The molecule has 3 N–H and O–H groups in total. The highest BCUT2D eigenvalue weighted by atomic mass is 19.1. The summed E-state index contributed by atoms with van der Waals surface area (Å²) in [4.78, 5) is 13.3. The van der Waals surface area contributed by atoms with Crippen LogP contribution in [-0.2, 0) is 13.1 Å². The minimum absolute atomic E-state index is 0.337. The van der Waals surface area contributed by atoms with Gasteiger partial charge in [0.25, 0.3) is 0 Å². The molecule has 8 heteroatoms. The zero-order valence-corrected chi connectivity index (χ0v) is 17.1. The van der Waals surface area contributed by atoms with Gasteiger partial charge in [0, 0.05) is 24.5 Å². The first-order chi connectivity index (χ1) is 15.7. The molecule has 158 valence electrons. The highest BCUT2D eigenvalue weighted by Crippen LogP contribution is 2.33. The molecule has 0 aliphatic heterocycles. The number of benzene rings is 2. The number of rotatable bonds is 6. The normalized spacial score (nSPS) is 11.0. The number of nitrogens with two attached hydrogens (primary N) is 1. The van der Waals surface area contributed by atoms with Crippen molar-refractivity contribution >= 4 is 22.8 Å². The van der Waals surface area contributed by atoms with E-state index >= 15 is 0 Å². The zero-order chi connectivity index (χ0) is 21.9. The second-order valence-corrected chi connectivity index (χ2v) is 7.32. The summed E-state index contributed by atoms with van der Waals surface area (Å²) in [5.74, 6) is 0.339. The van der Waals surface area contributed by atoms with Crippen molar-refractivity contribution in [2.75, 3.05) is 11.1 Å². The van der Waals surface area contributed by atoms with Gasteiger partial charge in [-0.25, -0.2) is 14.1 Å². The van der Waals surface area contributed by atoms with Gasteiger partial charge in [-0.1, -0.05) is 48.5 Å². The molecule has 0 saturated heterocycles. The maximum atomic E-state index is 14.7. The van der Waals surface area contributed by atoms with Crippen LogP contribution < -0.4 is 11.1 Å². The first kappa shape index (κ1) is 19.6. The quantitative estimate of drug-likeness (QED) is 0.422. The van der Waals surface area contributed by atoms with E-state index in [1.165, 1.54) is 6.07 Å². The van der Waals surface area contributed by atoms with Crippen molar-refractivity contribution in [2.45, 2.75) is 13.1 Å². The molecular formula is C24H20FN7. The Hall–Kier alpha value is -4.33. The molecule has 0 atom stereocenters. The average Bonchev–Trinajstić information content (AvgIpc) is 3.14. The lowest BCUT2D eigenvalue weighted by Gasteiger charge is -2.09. The van der Waals surface area contributed by atoms with E-state index < -0.39 is 0 Å².